The van der Waals surface area contributed by atoms with Gasteiger partial charge >= 0.3 is 5.97 Å². The molecule has 6 heteroatoms. The van der Waals surface area contributed by atoms with E-state index in [4.69, 9.17) is 9.52 Å². The lowest BCUT2D eigenvalue weighted by molar-refractivity contribution is -0.137. The normalized spacial score (nSPS) is 12.5. The zero-order chi connectivity index (χ0) is 13.7. The molecule has 2 rings (SSSR count). The van der Waals surface area contributed by atoms with E-state index in [0.29, 0.717) is 13.0 Å². The fraction of sp³-hybridized carbons (Fsp3) is 0.385. The van der Waals surface area contributed by atoms with Gasteiger partial charge in [0.2, 0.25) is 0 Å². The van der Waals surface area contributed by atoms with E-state index in [-0.39, 0.29) is 12.5 Å². The van der Waals surface area contributed by atoms with Crippen LogP contribution in [0.1, 0.15) is 30.5 Å². The van der Waals surface area contributed by atoms with Crippen molar-refractivity contribution in [3.8, 4) is 0 Å². The van der Waals surface area contributed by atoms with E-state index >= 15 is 0 Å². The van der Waals surface area contributed by atoms with Crippen LogP contribution in [-0.4, -0.2) is 27.2 Å². The van der Waals surface area contributed by atoms with E-state index < -0.39 is 5.97 Å². The number of carboxylic acids is 1. The Balaban J connectivity index is 2.04. The van der Waals surface area contributed by atoms with Gasteiger partial charge in [-0.3, -0.25) is 4.79 Å². The highest BCUT2D eigenvalue weighted by molar-refractivity contribution is 5.66. The molecule has 2 heterocycles. The van der Waals surface area contributed by atoms with Crippen LogP contribution in [0.15, 0.2) is 35.2 Å². The van der Waals surface area contributed by atoms with Crippen molar-refractivity contribution in [2.45, 2.75) is 18.9 Å². The number of hydrogen-bond donors (Lipinski definition) is 2. The third-order valence-corrected chi connectivity index (χ3v) is 2.86. The van der Waals surface area contributed by atoms with Crippen molar-refractivity contribution in [1.82, 2.24) is 14.9 Å². The molecule has 0 aliphatic carbocycles. The molecule has 0 saturated carbocycles. The second-order valence-electron chi connectivity index (χ2n) is 4.30. The first-order valence-corrected chi connectivity index (χ1v) is 6.14. The van der Waals surface area contributed by atoms with Gasteiger partial charge in [-0.05, 0) is 25.1 Å². The molecule has 102 valence electrons. The number of nitrogens with one attached hydrogen (secondary N) is 1. The van der Waals surface area contributed by atoms with Crippen LogP contribution in [-0.2, 0) is 11.8 Å². The molecule has 0 aromatic carbocycles. The first kappa shape index (κ1) is 13.4. The number of rotatable bonds is 7. The van der Waals surface area contributed by atoms with Crippen LogP contribution in [0.25, 0.3) is 0 Å². The Morgan fingerprint density at radius 1 is 1.63 bits per heavy atom. The maximum absolute atomic E-state index is 10.5. The second-order valence-corrected chi connectivity index (χ2v) is 4.30. The third-order valence-electron chi connectivity index (χ3n) is 2.86. The Kier molecular flexibility index (Phi) is 4.35. The number of aryl methyl sites for hydroxylation is 1. The maximum atomic E-state index is 10.5. The van der Waals surface area contributed by atoms with Gasteiger partial charge in [-0.1, -0.05) is 0 Å². The van der Waals surface area contributed by atoms with Crippen LogP contribution in [0, 0.1) is 0 Å². The highest BCUT2D eigenvalue weighted by Crippen LogP contribution is 2.20. The van der Waals surface area contributed by atoms with Crippen LogP contribution in [0.4, 0.5) is 0 Å². The van der Waals surface area contributed by atoms with Crippen LogP contribution >= 0.6 is 0 Å². The van der Waals surface area contributed by atoms with E-state index in [9.17, 15) is 4.79 Å². The number of nitrogens with zero attached hydrogens (tertiary/aromatic N) is 2. The van der Waals surface area contributed by atoms with Gasteiger partial charge in [-0.2, -0.15) is 0 Å². The number of carbonyl (C=O) groups is 1. The monoisotopic (exact) mass is 263 g/mol. The fourth-order valence-electron chi connectivity index (χ4n) is 1.92. The molecule has 1 unspecified atom stereocenters. The lowest BCUT2D eigenvalue weighted by Gasteiger charge is -2.16. The van der Waals surface area contributed by atoms with Crippen LogP contribution in [0.3, 0.4) is 0 Å². The molecule has 0 saturated heterocycles. The number of carboxylic acid groups (broad SMARTS) is 1. The smallest absolute Gasteiger partial charge is 0.303 e. The van der Waals surface area contributed by atoms with Gasteiger partial charge in [0, 0.05) is 25.9 Å². The first-order valence-electron chi connectivity index (χ1n) is 6.14. The predicted octanol–water partition coefficient (Wildman–Crippen LogP) is 1.56. The van der Waals surface area contributed by atoms with Crippen molar-refractivity contribution < 1.29 is 14.3 Å². The zero-order valence-electron chi connectivity index (χ0n) is 10.7. The van der Waals surface area contributed by atoms with Crippen molar-refractivity contribution in [2.75, 3.05) is 6.54 Å². The van der Waals surface area contributed by atoms with Gasteiger partial charge in [0.15, 0.2) is 0 Å². The SMILES string of the molecule is Cn1ccnc1C(NCCCC(=O)O)c1ccco1. The highest BCUT2D eigenvalue weighted by Gasteiger charge is 2.20. The summed E-state index contributed by atoms with van der Waals surface area (Å²) in [5, 5.41) is 11.9. The highest BCUT2D eigenvalue weighted by atomic mass is 16.4. The summed E-state index contributed by atoms with van der Waals surface area (Å²) in [5.74, 6) is 0.822. The number of hydrogen-bond acceptors (Lipinski definition) is 4. The predicted molar refractivity (Wildman–Crippen MR) is 68.6 cm³/mol. The molecule has 6 nitrogen and oxygen atoms in total. The fourth-order valence-corrected chi connectivity index (χ4v) is 1.92. The van der Waals surface area contributed by atoms with Crippen LogP contribution < -0.4 is 5.32 Å². The van der Waals surface area contributed by atoms with E-state index in [1.165, 1.54) is 0 Å². The van der Waals surface area contributed by atoms with E-state index in [1.807, 2.05) is 29.9 Å². The third kappa shape index (κ3) is 3.45. The van der Waals surface area contributed by atoms with Crippen molar-refractivity contribution in [2.24, 2.45) is 7.05 Å². The summed E-state index contributed by atoms with van der Waals surface area (Å²) in [6.45, 7) is 0.588. The Bertz CT molecular complexity index is 519. The van der Waals surface area contributed by atoms with Gasteiger partial charge in [-0.15, -0.1) is 0 Å². The summed E-state index contributed by atoms with van der Waals surface area (Å²) in [6, 6.07) is 3.54. The molecular formula is C13H17N3O3. The van der Waals surface area contributed by atoms with Crippen LogP contribution in [0.2, 0.25) is 0 Å². The molecule has 0 bridgehead atoms. The van der Waals surface area contributed by atoms with Crippen molar-refractivity contribution >= 4 is 5.97 Å². The Labute approximate surface area is 111 Å². The summed E-state index contributed by atoms with van der Waals surface area (Å²) >= 11 is 0. The molecule has 0 aliphatic rings. The Morgan fingerprint density at radius 2 is 2.47 bits per heavy atom. The Morgan fingerprint density at radius 3 is 3.05 bits per heavy atom. The summed E-state index contributed by atoms with van der Waals surface area (Å²) in [4.78, 5) is 14.8. The molecule has 0 radical (unpaired) electrons. The second kappa shape index (κ2) is 6.19. The number of furan rings is 1. The molecule has 0 fully saturated rings. The van der Waals surface area contributed by atoms with Gasteiger partial charge < -0.3 is 19.4 Å². The van der Waals surface area contributed by atoms with E-state index in [2.05, 4.69) is 10.3 Å². The minimum absolute atomic E-state index is 0.151. The van der Waals surface area contributed by atoms with Gasteiger partial charge in [0.25, 0.3) is 0 Å². The van der Waals surface area contributed by atoms with Crippen molar-refractivity contribution in [3.63, 3.8) is 0 Å². The van der Waals surface area contributed by atoms with E-state index in [0.717, 1.165) is 11.6 Å². The molecule has 0 aliphatic heterocycles. The number of aromatic nitrogens is 2. The van der Waals surface area contributed by atoms with Gasteiger partial charge in [0.1, 0.15) is 17.6 Å². The van der Waals surface area contributed by atoms with Crippen molar-refractivity contribution in [3.05, 3.63) is 42.4 Å². The summed E-state index contributed by atoms with van der Waals surface area (Å²) in [7, 11) is 1.91. The summed E-state index contributed by atoms with van der Waals surface area (Å²) in [6.07, 6.45) is 5.92. The van der Waals surface area contributed by atoms with Crippen molar-refractivity contribution in [1.29, 1.82) is 0 Å². The molecule has 1 atom stereocenters. The molecule has 0 amide bonds. The van der Waals surface area contributed by atoms with Gasteiger partial charge in [-0.25, -0.2) is 4.98 Å². The molecular weight excluding hydrogens is 246 g/mol. The molecule has 2 aromatic rings. The average molecular weight is 263 g/mol. The zero-order valence-corrected chi connectivity index (χ0v) is 10.7. The molecule has 2 aromatic heterocycles. The standard InChI is InChI=1S/C13H17N3O3/c1-16-8-7-15-13(16)12(10-4-3-9-19-10)14-6-2-5-11(17)18/h3-4,7-9,12,14H,2,5-6H2,1H3,(H,17,18). The first-order chi connectivity index (χ1) is 9.18. The number of aliphatic carboxylic acids is 1. The maximum Gasteiger partial charge on any atom is 0.303 e. The molecule has 19 heavy (non-hydrogen) atoms. The summed E-state index contributed by atoms with van der Waals surface area (Å²) < 4.78 is 7.33. The van der Waals surface area contributed by atoms with Gasteiger partial charge in [0.05, 0.1) is 6.26 Å². The average Bonchev–Trinajstić information content (AvgIpc) is 3.01. The lowest BCUT2D eigenvalue weighted by atomic mass is 10.2. The Hall–Kier alpha value is -2.08. The van der Waals surface area contributed by atoms with Crippen LogP contribution in [0.5, 0.6) is 0 Å². The molecule has 2 N–H and O–H groups in total. The topological polar surface area (TPSA) is 80.3 Å². The number of imidazole rings is 1. The quantitative estimate of drug-likeness (QED) is 0.741. The molecule has 0 spiro atoms. The minimum Gasteiger partial charge on any atom is -0.481 e. The largest absolute Gasteiger partial charge is 0.481 e. The van der Waals surface area contributed by atoms with E-state index in [1.54, 1.807) is 12.5 Å². The summed E-state index contributed by atoms with van der Waals surface area (Å²) in [5.41, 5.74) is 0. The minimum atomic E-state index is -0.784. The lowest BCUT2D eigenvalue weighted by Crippen LogP contribution is -2.26.